The van der Waals surface area contributed by atoms with E-state index in [1.807, 2.05) is 12.1 Å². The lowest BCUT2D eigenvalue weighted by Gasteiger charge is -2.35. The van der Waals surface area contributed by atoms with Crippen molar-refractivity contribution in [2.24, 2.45) is 5.73 Å². The predicted molar refractivity (Wildman–Crippen MR) is 88.1 cm³/mol. The Morgan fingerprint density at radius 2 is 2.09 bits per heavy atom. The first-order valence-electron chi connectivity index (χ1n) is 7.54. The normalized spacial score (nSPS) is 18.0. The molecule has 0 radical (unpaired) electrons. The van der Waals surface area contributed by atoms with Crippen molar-refractivity contribution in [3.8, 4) is 0 Å². The number of nitrogens with two attached hydrogens (primary N) is 1. The maximum atomic E-state index is 11.5. The van der Waals surface area contributed by atoms with Crippen molar-refractivity contribution in [2.75, 3.05) is 23.3 Å². The van der Waals surface area contributed by atoms with Crippen molar-refractivity contribution in [1.29, 1.82) is 0 Å². The van der Waals surface area contributed by atoms with Gasteiger partial charge in [0.2, 0.25) is 0 Å². The van der Waals surface area contributed by atoms with Gasteiger partial charge in [-0.1, -0.05) is 18.2 Å². The van der Waals surface area contributed by atoms with Gasteiger partial charge in [-0.25, -0.2) is 0 Å². The zero-order valence-electron chi connectivity index (χ0n) is 12.4. The van der Waals surface area contributed by atoms with Gasteiger partial charge >= 0.3 is 0 Å². The summed E-state index contributed by atoms with van der Waals surface area (Å²) < 4.78 is 0. The van der Waals surface area contributed by atoms with Gasteiger partial charge in [0.25, 0.3) is 5.91 Å². The van der Waals surface area contributed by atoms with E-state index in [0.29, 0.717) is 5.56 Å². The van der Waals surface area contributed by atoms with Gasteiger partial charge in [-0.2, -0.15) is 0 Å². The van der Waals surface area contributed by atoms with Gasteiger partial charge in [-0.15, -0.1) is 0 Å². The third-order valence-corrected chi connectivity index (χ3v) is 3.99. The molecule has 114 valence electrons. The molecule has 1 aromatic heterocycles. The molecule has 1 aromatic carbocycles. The highest BCUT2D eigenvalue weighted by molar-refractivity contribution is 5.98. The second-order valence-electron chi connectivity index (χ2n) is 5.55. The Morgan fingerprint density at radius 1 is 1.27 bits per heavy atom. The molecule has 1 aliphatic rings. The molecule has 0 bridgehead atoms. The summed E-state index contributed by atoms with van der Waals surface area (Å²) in [5.41, 5.74) is 7.85. The Morgan fingerprint density at radius 3 is 2.86 bits per heavy atom. The highest BCUT2D eigenvalue weighted by atomic mass is 16.1. The number of rotatable bonds is 4. The van der Waals surface area contributed by atoms with Crippen molar-refractivity contribution in [2.45, 2.75) is 18.9 Å². The fourth-order valence-corrected chi connectivity index (χ4v) is 2.90. The van der Waals surface area contributed by atoms with Crippen LogP contribution in [-0.4, -0.2) is 30.0 Å². The number of nitrogens with one attached hydrogen (secondary N) is 1. The Kier molecular flexibility index (Phi) is 4.23. The Hall–Kier alpha value is -2.56. The van der Waals surface area contributed by atoms with E-state index in [0.717, 1.165) is 31.6 Å². The van der Waals surface area contributed by atoms with Crippen LogP contribution >= 0.6 is 0 Å². The van der Waals surface area contributed by atoms with Crippen LogP contribution in [0.4, 0.5) is 11.4 Å². The number of aromatic nitrogens is 1. The molecular weight excluding hydrogens is 276 g/mol. The van der Waals surface area contributed by atoms with E-state index in [-0.39, 0.29) is 6.04 Å². The lowest BCUT2D eigenvalue weighted by Crippen LogP contribution is -2.42. The van der Waals surface area contributed by atoms with Gasteiger partial charge in [0.05, 0.1) is 11.3 Å². The third-order valence-electron chi connectivity index (χ3n) is 3.99. The Bertz CT molecular complexity index is 644. The first kappa shape index (κ1) is 14.4. The second-order valence-corrected chi connectivity index (χ2v) is 5.55. The van der Waals surface area contributed by atoms with E-state index >= 15 is 0 Å². The number of para-hydroxylation sites is 1. The van der Waals surface area contributed by atoms with Crippen LogP contribution in [0.15, 0.2) is 48.8 Å². The summed E-state index contributed by atoms with van der Waals surface area (Å²) in [4.78, 5) is 17.8. The number of carbonyl (C=O) groups is 1. The fourth-order valence-electron chi connectivity index (χ4n) is 2.90. The molecule has 5 nitrogen and oxygen atoms in total. The number of carbonyl (C=O) groups excluding carboxylic acids is 1. The smallest absolute Gasteiger partial charge is 0.252 e. The van der Waals surface area contributed by atoms with Crippen LogP contribution in [0.2, 0.25) is 0 Å². The van der Waals surface area contributed by atoms with Crippen molar-refractivity contribution < 1.29 is 4.79 Å². The molecule has 0 aliphatic carbocycles. The monoisotopic (exact) mass is 296 g/mol. The minimum Gasteiger partial charge on any atom is -0.380 e. The fraction of sp³-hybridized carbons (Fsp3) is 0.294. The van der Waals surface area contributed by atoms with Gasteiger partial charge in [0.15, 0.2) is 0 Å². The molecule has 1 saturated heterocycles. The van der Waals surface area contributed by atoms with Crippen LogP contribution < -0.4 is 16.0 Å². The summed E-state index contributed by atoms with van der Waals surface area (Å²) in [7, 11) is 0. The average Bonchev–Trinajstić information content (AvgIpc) is 2.56. The van der Waals surface area contributed by atoms with Gasteiger partial charge in [-0.3, -0.25) is 9.78 Å². The lowest BCUT2D eigenvalue weighted by atomic mass is 10.0. The number of nitrogens with zero attached hydrogens (tertiary/aromatic N) is 2. The first-order chi connectivity index (χ1) is 10.7. The number of anilines is 2. The van der Waals surface area contributed by atoms with Crippen molar-refractivity contribution in [3.05, 3.63) is 54.4 Å². The molecule has 1 fully saturated rings. The molecule has 3 N–H and O–H groups in total. The molecule has 22 heavy (non-hydrogen) atoms. The molecule has 1 atom stereocenters. The molecule has 0 saturated carbocycles. The van der Waals surface area contributed by atoms with Crippen LogP contribution in [-0.2, 0) is 0 Å². The predicted octanol–water partition coefficient (Wildman–Crippen LogP) is 2.26. The first-order valence-corrected chi connectivity index (χ1v) is 7.54. The summed E-state index contributed by atoms with van der Waals surface area (Å²) in [6.45, 7) is 1.96. The number of amides is 1. The minimum atomic E-state index is -0.452. The summed E-state index contributed by atoms with van der Waals surface area (Å²) in [6.07, 6.45) is 5.38. The number of piperidine rings is 1. The van der Waals surface area contributed by atoms with Gasteiger partial charge < -0.3 is 16.0 Å². The van der Waals surface area contributed by atoms with E-state index < -0.39 is 5.91 Å². The SMILES string of the molecule is NC(=O)c1cnccc1NC1CCCN(c2ccccc2)C1. The molecule has 1 unspecified atom stereocenters. The summed E-state index contributed by atoms with van der Waals surface area (Å²) in [5, 5.41) is 3.45. The molecule has 3 rings (SSSR count). The van der Waals surface area contributed by atoms with E-state index in [9.17, 15) is 4.79 Å². The van der Waals surface area contributed by atoms with Crippen molar-refractivity contribution in [1.82, 2.24) is 4.98 Å². The molecule has 1 aliphatic heterocycles. The number of hydrogen-bond donors (Lipinski definition) is 2. The quantitative estimate of drug-likeness (QED) is 0.908. The van der Waals surface area contributed by atoms with E-state index in [1.54, 1.807) is 6.20 Å². The highest BCUT2D eigenvalue weighted by Gasteiger charge is 2.21. The molecule has 5 heteroatoms. The van der Waals surface area contributed by atoms with Crippen molar-refractivity contribution >= 4 is 17.3 Å². The molecule has 2 heterocycles. The standard InChI is InChI=1S/C17H20N4O/c18-17(22)15-11-19-9-8-16(15)20-13-5-4-10-21(12-13)14-6-2-1-3-7-14/h1-3,6-9,11,13H,4-5,10,12H2,(H2,18,22)(H,19,20). The van der Waals surface area contributed by atoms with E-state index in [2.05, 4.69) is 39.5 Å². The molecular formula is C17H20N4O. The van der Waals surface area contributed by atoms with Crippen LogP contribution in [0, 0.1) is 0 Å². The number of hydrogen-bond acceptors (Lipinski definition) is 4. The van der Waals surface area contributed by atoms with Crippen LogP contribution in [0.3, 0.4) is 0 Å². The minimum absolute atomic E-state index is 0.287. The van der Waals surface area contributed by atoms with E-state index in [4.69, 9.17) is 5.73 Å². The van der Waals surface area contributed by atoms with Crippen LogP contribution in [0.5, 0.6) is 0 Å². The maximum Gasteiger partial charge on any atom is 0.252 e. The van der Waals surface area contributed by atoms with E-state index in [1.165, 1.54) is 11.9 Å². The second kappa shape index (κ2) is 6.47. The van der Waals surface area contributed by atoms with Gasteiger partial charge in [-0.05, 0) is 31.0 Å². The molecule has 2 aromatic rings. The molecule has 1 amide bonds. The maximum absolute atomic E-state index is 11.5. The largest absolute Gasteiger partial charge is 0.380 e. The topological polar surface area (TPSA) is 71.2 Å². The number of benzene rings is 1. The van der Waals surface area contributed by atoms with Crippen LogP contribution in [0.1, 0.15) is 23.2 Å². The zero-order valence-corrected chi connectivity index (χ0v) is 12.4. The zero-order chi connectivity index (χ0) is 15.4. The Labute approximate surface area is 130 Å². The van der Waals surface area contributed by atoms with Crippen LogP contribution in [0.25, 0.3) is 0 Å². The van der Waals surface area contributed by atoms with Gasteiger partial charge in [0, 0.05) is 37.2 Å². The summed E-state index contributed by atoms with van der Waals surface area (Å²) in [5.74, 6) is -0.452. The Balaban J connectivity index is 1.72. The summed E-state index contributed by atoms with van der Waals surface area (Å²) >= 11 is 0. The van der Waals surface area contributed by atoms with Crippen molar-refractivity contribution in [3.63, 3.8) is 0 Å². The van der Waals surface area contributed by atoms with Gasteiger partial charge in [0.1, 0.15) is 0 Å². The number of primary amides is 1. The highest BCUT2D eigenvalue weighted by Crippen LogP contribution is 2.22. The summed E-state index contributed by atoms with van der Waals surface area (Å²) in [6, 6.07) is 12.5. The number of pyridine rings is 1. The molecule has 0 spiro atoms. The average molecular weight is 296 g/mol. The lowest BCUT2D eigenvalue weighted by molar-refractivity contribution is 0.100. The third kappa shape index (κ3) is 3.19.